The van der Waals surface area contributed by atoms with Gasteiger partial charge in [0.2, 0.25) is 0 Å². The summed E-state index contributed by atoms with van der Waals surface area (Å²) in [4.78, 5) is 0. The highest BCUT2D eigenvalue weighted by atomic mass is 16.5. The zero-order chi connectivity index (χ0) is 13.8. The lowest BCUT2D eigenvalue weighted by atomic mass is 10.1. The molecule has 1 aromatic carbocycles. The van der Waals surface area contributed by atoms with Crippen LogP contribution in [0.1, 0.15) is 5.69 Å². The molecule has 0 radical (unpaired) electrons. The van der Waals surface area contributed by atoms with Crippen LogP contribution in [0.2, 0.25) is 0 Å². The molecule has 0 fully saturated rings. The van der Waals surface area contributed by atoms with Crippen LogP contribution in [-0.2, 0) is 0 Å². The highest BCUT2D eigenvalue weighted by Gasteiger charge is 2.15. The van der Waals surface area contributed by atoms with Gasteiger partial charge in [0.1, 0.15) is 11.8 Å². The molecule has 6 heteroatoms. The Balaban J connectivity index is 2.58. The van der Waals surface area contributed by atoms with Crippen LogP contribution in [0.4, 0.5) is 0 Å². The molecule has 0 amide bonds. The molecule has 0 saturated carbocycles. The first-order chi connectivity index (χ1) is 9.23. The topological polar surface area (TPSA) is 80.2 Å². The van der Waals surface area contributed by atoms with Crippen molar-refractivity contribution < 1.29 is 14.2 Å². The maximum atomic E-state index is 8.80. The third-order valence-corrected chi connectivity index (χ3v) is 2.69. The van der Waals surface area contributed by atoms with Crippen LogP contribution in [0, 0.1) is 11.3 Å². The smallest absolute Gasteiger partial charge is 0.164 e. The fourth-order valence-electron chi connectivity index (χ4n) is 1.76. The predicted molar refractivity (Wildman–Crippen MR) is 68.4 cm³/mol. The Morgan fingerprint density at radius 3 is 2.16 bits per heavy atom. The lowest BCUT2D eigenvalue weighted by molar-refractivity contribution is 0.349. The Hall–Kier alpha value is -2.68. The van der Waals surface area contributed by atoms with Crippen molar-refractivity contribution in [2.75, 3.05) is 21.3 Å². The van der Waals surface area contributed by atoms with Crippen LogP contribution in [0.25, 0.3) is 11.3 Å². The second-order valence-electron chi connectivity index (χ2n) is 3.69. The van der Waals surface area contributed by atoms with Crippen molar-refractivity contribution >= 4 is 0 Å². The van der Waals surface area contributed by atoms with Crippen LogP contribution >= 0.6 is 0 Å². The zero-order valence-corrected chi connectivity index (χ0v) is 10.9. The summed E-state index contributed by atoms with van der Waals surface area (Å²) in [5, 5.41) is 15.5. The van der Waals surface area contributed by atoms with Crippen molar-refractivity contribution in [3.05, 3.63) is 23.9 Å². The van der Waals surface area contributed by atoms with E-state index in [0.29, 0.717) is 28.6 Å². The summed E-state index contributed by atoms with van der Waals surface area (Å²) in [5.74, 6) is 1.75. The molecule has 6 nitrogen and oxygen atoms in total. The molecule has 0 aliphatic rings. The van der Waals surface area contributed by atoms with Crippen LogP contribution in [0.3, 0.4) is 0 Å². The fourth-order valence-corrected chi connectivity index (χ4v) is 1.76. The van der Waals surface area contributed by atoms with Gasteiger partial charge in [0.05, 0.1) is 27.0 Å². The summed E-state index contributed by atoms with van der Waals surface area (Å²) in [6, 6.07) is 7.10. The van der Waals surface area contributed by atoms with E-state index < -0.39 is 0 Å². The van der Waals surface area contributed by atoms with Crippen molar-refractivity contribution in [3.63, 3.8) is 0 Å². The number of nitrogens with zero attached hydrogens (tertiary/aromatic N) is 2. The standard InChI is InChI=1S/C13H13N3O3/c1-17-11-6-13(19-3)12(18-2)5-9(11)10-4-8(7-14)15-16-10/h4-6H,1-3H3,(H,15,16). The molecule has 0 atom stereocenters. The second-order valence-corrected chi connectivity index (χ2v) is 3.69. The number of hydrogen-bond acceptors (Lipinski definition) is 5. The van der Waals surface area contributed by atoms with Gasteiger partial charge in [-0.3, -0.25) is 5.10 Å². The van der Waals surface area contributed by atoms with Crippen LogP contribution < -0.4 is 14.2 Å². The molecule has 0 aliphatic heterocycles. The molecule has 2 rings (SSSR count). The quantitative estimate of drug-likeness (QED) is 0.908. The Labute approximate surface area is 110 Å². The SMILES string of the molecule is COc1cc(OC)c(-c2cc(C#N)n[nH]2)cc1OC. The van der Waals surface area contributed by atoms with Crippen molar-refractivity contribution in [1.82, 2.24) is 10.2 Å². The van der Waals surface area contributed by atoms with Gasteiger partial charge >= 0.3 is 0 Å². The average molecular weight is 259 g/mol. The minimum atomic E-state index is 0.312. The molecule has 1 N–H and O–H groups in total. The lowest BCUT2D eigenvalue weighted by Crippen LogP contribution is -1.95. The Kier molecular flexibility index (Phi) is 3.57. The maximum Gasteiger partial charge on any atom is 0.164 e. The molecule has 0 bridgehead atoms. The number of methoxy groups -OCH3 is 3. The van der Waals surface area contributed by atoms with Crippen LogP contribution in [0.5, 0.6) is 17.2 Å². The van der Waals surface area contributed by atoms with E-state index in [-0.39, 0.29) is 0 Å². The van der Waals surface area contributed by atoms with Gasteiger partial charge in [0, 0.05) is 17.7 Å². The first kappa shape index (κ1) is 12.8. The average Bonchev–Trinajstić information content (AvgIpc) is 2.94. The molecule has 1 heterocycles. The van der Waals surface area contributed by atoms with Gasteiger partial charge in [-0.2, -0.15) is 10.4 Å². The van der Waals surface area contributed by atoms with E-state index in [9.17, 15) is 0 Å². The first-order valence-corrected chi connectivity index (χ1v) is 5.49. The largest absolute Gasteiger partial charge is 0.496 e. The Morgan fingerprint density at radius 1 is 1.00 bits per heavy atom. The molecule has 19 heavy (non-hydrogen) atoms. The number of H-pyrrole nitrogens is 1. The number of rotatable bonds is 4. The van der Waals surface area contributed by atoms with Gasteiger partial charge in [0.25, 0.3) is 0 Å². The van der Waals surface area contributed by atoms with Crippen molar-refractivity contribution in [2.24, 2.45) is 0 Å². The minimum absolute atomic E-state index is 0.312. The van der Waals surface area contributed by atoms with Gasteiger partial charge in [-0.15, -0.1) is 0 Å². The summed E-state index contributed by atoms with van der Waals surface area (Å²) in [6.07, 6.45) is 0. The van der Waals surface area contributed by atoms with Gasteiger partial charge in [-0.05, 0) is 6.07 Å². The highest BCUT2D eigenvalue weighted by Crippen LogP contribution is 2.39. The van der Waals surface area contributed by atoms with E-state index >= 15 is 0 Å². The van der Waals surface area contributed by atoms with Crippen molar-refractivity contribution in [1.29, 1.82) is 5.26 Å². The normalized spacial score (nSPS) is 9.79. The summed E-state index contributed by atoms with van der Waals surface area (Å²) in [6.45, 7) is 0. The minimum Gasteiger partial charge on any atom is -0.496 e. The maximum absolute atomic E-state index is 8.80. The summed E-state index contributed by atoms with van der Waals surface area (Å²) in [7, 11) is 4.68. The molecular weight excluding hydrogens is 246 g/mol. The molecule has 0 aliphatic carbocycles. The van der Waals surface area contributed by atoms with Crippen LogP contribution in [0.15, 0.2) is 18.2 Å². The number of aromatic amines is 1. The molecule has 0 saturated heterocycles. The summed E-state index contributed by atoms with van der Waals surface area (Å²) >= 11 is 0. The van der Waals surface area contributed by atoms with E-state index in [1.165, 1.54) is 0 Å². The third-order valence-electron chi connectivity index (χ3n) is 2.69. The number of aromatic nitrogens is 2. The number of hydrogen-bond donors (Lipinski definition) is 1. The highest BCUT2D eigenvalue weighted by molar-refractivity contribution is 5.72. The van der Waals surface area contributed by atoms with E-state index in [1.54, 1.807) is 39.5 Å². The molecule has 98 valence electrons. The van der Waals surface area contributed by atoms with E-state index in [0.717, 1.165) is 5.56 Å². The Bertz CT molecular complexity index is 629. The Morgan fingerprint density at radius 2 is 1.63 bits per heavy atom. The first-order valence-electron chi connectivity index (χ1n) is 5.49. The third kappa shape index (κ3) is 2.31. The van der Waals surface area contributed by atoms with E-state index in [4.69, 9.17) is 19.5 Å². The van der Waals surface area contributed by atoms with Gasteiger partial charge in [0.15, 0.2) is 17.2 Å². The fraction of sp³-hybridized carbons (Fsp3) is 0.231. The number of ether oxygens (including phenoxy) is 3. The second kappa shape index (κ2) is 5.31. The number of nitriles is 1. The van der Waals surface area contributed by atoms with Crippen molar-refractivity contribution in [3.8, 4) is 34.6 Å². The van der Waals surface area contributed by atoms with Gasteiger partial charge in [-0.1, -0.05) is 0 Å². The molecule has 0 unspecified atom stereocenters. The van der Waals surface area contributed by atoms with Crippen molar-refractivity contribution in [2.45, 2.75) is 0 Å². The number of nitrogens with one attached hydrogen (secondary N) is 1. The monoisotopic (exact) mass is 259 g/mol. The molecule has 2 aromatic rings. The van der Waals surface area contributed by atoms with Crippen LogP contribution in [-0.4, -0.2) is 31.5 Å². The summed E-state index contributed by atoms with van der Waals surface area (Å²) < 4.78 is 15.8. The zero-order valence-electron chi connectivity index (χ0n) is 10.9. The summed E-state index contributed by atoms with van der Waals surface area (Å²) in [5.41, 5.74) is 1.73. The van der Waals surface area contributed by atoms with E-state index in [1.807, 2.05) is 6.07 Å². The predicted octanol–water partition coefficient (Wildman–Crippen LogP) is 1.97. The van der Waals surface area contributed by atoms with Gasteiger partial charge < -0.3 is 14.2 Å². The molecular formula is C13H13N3O3. The van der Waals surface area contributed by atoms with E-state index in [2.05, 4.69) is 10.2 Å². The molecule has 1 aromatic heterocycles. The number of benzene rings is 1. The molecule has 0 spiro atoms. The lowest BCUT2D eigenvalue weighted by Gasteiger charge is -2.12. The van der Waals surface area contributed by atoms with Gasteiger partial charge in [-0.25, -0.2) is 0 Å².